The molecule has 0 saturated heterocycles. The van der Waals surface area contributed by atoms with Crippen molar-refractivity contribution in [2.45, 2.75) is 12.5 Å². The van der Waals surface area contributed by atoms with Gasteiger partial charge in [0.2, 0.25) is 0 Å². The number of fused-ring (bicyclic) bond motifs is 10. The number of nitrogens with zero attached hydrogens (tertiary/aromatic N) is 2. The lowest BCUT2D eigenvalue weighted by Gasteiger charge is -2.32. The molecule has 4 heteroatoms. The van der Waals surface area contributed by atoms with E-state index in [4.69, 9.17) is 8.83 Å². The largest absolute Gasteiger partial charge is 0.452 e. The van der Waals surface area contributed by atoms with E-state index in [2.05, 4.69) is 174 Å². The van der Waals surface area contributed by atoms with Crippen molar-refractivity contribution in [2.24, 2.45) is 0 Å². The maximum atomic E-state index is 6.87. The Bertz CT molecular complexity index is 2700. The van der Waals surface area contributed by atoms with E-state index in [-0.39, 0.29) is 6.04 Å². The van der Waals surface area contributed by atoms with Crippen molar-refractivity contribution in [3.63, 3.8) is 0 Å². The third-order valence-corrected chi connectivity index (χ3v) is 9.91. The Morgan fingerprint density at radius 2 is 0.940 bits per heavy atom. The fourth-order valence-corrected chi connectivity index (χ4v) is 7.71. The first-order chi connectivity index (χ1) is 24.8. The first-order valence-corrected chi connectivity index (χ1v) is 17.1. The molecule has 0 radical (unpaired) electrons. The van der Waals surface area contributed by atoms with Gasteiger partial charge in [0.1, 0.15) is 11.2 Å². The van der Waals surface area contributed by atoms with Gasteiger partial charge in [-0.25, -0.2) is 0 Å². The van der Waals surface area contributed by atoms with Crippen LogP contribution in [0.25, 0.3) is 54.6 Å². The van der Waals surface area contributed by atoms with Crippen LogP contribution in [-0.4, -0.2) is 6.04 Å². The quantitative estimate of drug-likeness (QED) is 0.180. The van der Waals surface area contributed by atoms with E-state index in [0.717, 1.165) is 89.5 Å². The van der Waals surface area contributed by atoms with Crippen LogP contribution in [0.2, 0.25) is 0 Å². The Kier molecular flexibility index (Phi) is 6.59. The van der Waals surface area contributed by atoms with E-state index >= 15 is 0 Å². The molecule has 50 heavy (non-hydrogen) atoms. The van der Waals surface area contributed by atoms with Gasteiger partial charge in [0.05, 0.1) is 6.04 Å². The maximum absolute atomic E-state index is 6.87. The van der Waals surface area contributed by atoms with Crippen LogP contribution in [0.4, 0.5) is 28.4 Å². The zero-order valence-electron chi connectivity index (χ0n) is 27.2. The molecule has 1 aliphatic carbocycles. The summed E-state index contributed by atoms with van der Waals surface area (Å²) in [6.07, 6.45) is 9.69. The molecule has 0 fully saturated rings. The van der Waals surface area contributed by atoms with Crippen molar-refractivity contribution in [2.75, 3.05) is 9.80 Å². The summed E-state index contributed by atoms with van der Waals surface area (Å²) in [5.74, 6) is 0. The minimum atomic E-state index is 0.202. The summed E-state index contributed by atoms with van der Waals surface area (Å²) in [6, 6.07) is 53.5. The van der Waals surface area contributed by atoms with Gasteiger partial charge in [0.25, 0.3) is 0 Å². The van der Waals surface area contributed by atoms with Crippen molar-refractivity contribution in [1.82, 2.24) is 0 Å². The Morgan fingerprint density at radius 3 is 1.48 bits per heavy atom. The average molecular weight is 645 g/mol. The second-order valence-corrected chi connectivity index (χ2v) is 12.8. The molecule has 238 valence electrons. The molecule has 7 aromatic carbocycles. The number of allylic oxidation sites excluding steroid dienone is 2. The molecule has 4 nitrogen and oxygen atoms in total. The summed E-state index contributed by atoms with van der Waals surface area (Å²) in [4.78, 5) is 4.66. The maximum Gasteiger partial charge on any atom is 0.179 e. The number of hydrogen-bond donors (Lipinski definition) is 0. The topological polar surface area (TPSA) is 32.8 Å². The Labute approximate surface area is 289 Å². The lowest BCUT2D eigenvalue weighted by atomic mass is 9.98. The molecular weight excluding hydrogens is 613 g/mol. The van der Waals surface area contributed by atoms with Gasteiger partial charge in [-0.15, -0.1) is 0 Å². The third kappa shape index (κ3) is 4.53. The lowest BCUT2D eigenvalue weighted by molar-refractivity contribution is 0.633. The molecule has 0 bridgehead atoms. The van der Waals surface area contributed by atoms with Gasteiger partial charge in [-0.05, 0) is 77.9 Å². The summed E-state index contributed by atoms with van der Waals surface area (Å²) in [7, 11) is 0. The van der Waals surface area contributed by atoms with Gasteiger partial charge < -0.3 is 18.6 Å². The third-order valence-electron chi connectivity index (χ3n) is 9.91. The summed E-state index contributed by atoms with van der Waals surface area (Å²) in [6.45, 7) is 0. The van der Waals surface area contributed by atoms with E-state index in [1.54, 1.807) is 0 Å². The molecule has 0 saturated carbocycles. The molecule has 0 N–H and O–H groups in total. The summed E-state index contributed by atoms with van der Waals surface area (Å²) >= 11 is 0. The highest BCUT2D eigenvalue weighted by Crippen LogP contribution is 2.47. The molecule has 1 unspecified atom stereocenters. The van der Waals surface area contributed by atoms with Gasteiger partial charge in [-0.1, -0.05) is 103 Å². The van der Waals surface area contributed by atoms with Crippen molar-refractivity contribution in [3.05, 3.63) is 176 Å². The Balaban J connectivity index is 1.19. The Morgan fingerprint density at radius 1 is 0.440 bits per heavy atom. The van der Waals surface area contributed by atoms with Crippen molar-refractivity contribution in [3.8, 4) is 0 Å². The van der Waals surface area contributed by atoms with E-state index < -0.39 is 0 Å². The standard InChI is InChI=1S/C46H32N2O2/c1-5-15-31(16-6-1)47(32-17-7-2-8-18-32)35-25-27-39-41(29-35)49-45-43(39)37-23-13-14-24-38(37)44-40-28-26-36(30-42(40)50-46(44)45)48(33-19-9-3-10-20-33)34-21-11-4-12-22-34/h1-21,23-30,34H,22H2. The molecule has 0 amide bonds. The summed E-state index contributed by atoms with van der Waals surface area (Å²) in [5.41, 5.74) is 8.63. The monoisotopic (exact) mass is 644 g/mol. The number of benzene rings is 7. The molecule has 0 aliphatic heterocycles. The summed E-state index contributed by atoms with van der Waals surface area (Å²) < 4.78 is 13.7. The van der Waals surface area contributed by atoms with Crippen molar-refractivity contribution < 1.29 is 8.83 Å². The van der Waals surface area contributed by atoms with Crippen LogP contribution >= 0.6 is 0 Å². The molecular formula is C46H32N2O2. The number of furan rings is 2. The van der Waals surface area contributed by atoms with Crippen LogP contribution in [0, 0.1) is 0 Å². The fourth-order valence-electron chi connectivity index (χ4n) is 7.71. The van der Waals surface area contributed by atoms with Gasteiger partial charge in [-0.3, -0.25) is 0 Å². The summed E-state index contributed by atoms with van der Waals surface area (Å²) in [5, 5.41) is 6.61. The van der Waals surface area contributed by atoms with Gasteiger partial charge >= 0.3 is 0 Å². The average Bonchev–Trinajstić information content (AvgIpc) is 3.76. The molecule has 1 aliphatic rings. The number of para-hydroxylation sites is 3. The van der Waals surface area contributed by atoms with E-state index in [9.17, 15) is 0 Å². The Hall–Kier alpha value is -6.52. The minimum Gasteiger partial charge on any atom is -0.452 e. The SMILES string of the molecule is C1=CCC(N(c2ccccc2)c2ccc3c(c2)oc2c4oc5cc(N(c6ccccc6)c6ccccc6)ccc5c4c4ccccc4c32)C=C1. The molecule has 10 rings (SSSR count). The zero-order chi connectivity index (χ0) is 33.0. The van der Waals surface area contributed by atoms with E-state index in [1.165, 1.54) is 0 Å². The molecule has 1 atom stereocenters. The van der Waals surface area contributed by atoms with Crippen LogP contribution < -0.4 is 9.80 Å². The minimum absolute atomic E-state index is 0.202. The van der Waals surface area contributed by atoms with Crippen molar-refractivity contribution in [1.29, 1.82) is 0 Å². The van der Waals surface area contributed by atoms with Crippen molar-refractivity contribution >= 4 is 83.1 Å². The highest BCUT2D eigenvalue weighted by molar-refractivity contribution is 6.33. The first kappa shape index (κ1) is 28.5. The predicted molar refractivity (Wildman–Crippen MR) is 208 cm³/mol. The smallest absolute Gasteiger partial charge is 0.179 e. The van der Waals surface area contributed by atoms with Crippen LogP contribution in [0.1, 0.15) is 6.42 Å². The van der Waals surface area contributed by atoms with Crippen LogP contribution in [0.5, 0.6) is 0 Å². The fraction of sp³-hybridized carbons (Fsp3) is 0.0435. The highest BCUT2D eigenvalue weighted by atomic mass is 16.4. The number of anilines is 5. The zero-order valence-corrected chi connectivity index (χ0v) is 27.2. The lowest BCUT2D eigenvalue weighted by Crippen LogP contribution is -2.29. The molecule has 2 heterocycles. The normalized spacial score (nSPS) is 14.4. The van der Waals surface area contributed by atoms with E-state index in [1.807, 2.05) is 12.1 Å². The molecule has 2 aromatic heterocycles. The van der Waals surface area contributed by atoms with Gasteiger partial charge in [0.15, 0.2) is 11.2 Å². The van der Waals surface area contributed by atoms with E-state index in [0.29, 0.717) is 0 Å². The first-order valence-electron chi connectivity index (χ1n) is 17.1. The van der Waals surface area contributed by atoms with Crippen LogP contribution in [0.3, 0.4) is 0 Å². The van der Waals surface area contributed by atoms with Gasteiger partial charge in [-0.2, -0.15) is 0 Å². The second kappa shape index (κ2) is 11.6. The number of hydrogen-bond acceptors (Lipinski definition) is 4. The second-order valence-electron chi connectivity index (χ2n) is 12.8. The predicted octanol–water partition coefficient (Wildman–Crippen LogP) is 13.1. The molecule has 0 spiro atoms. The number of rotatable bonds is 6. The van der Waals surface area contributed by atoms with Gasteiger partial charge in [0, 0.05) is 62.1 Å². The van der Waals surface area contributed by atoms with Crippen LogP contribution in [-0.2, 0) is 0 Å². The molecule has 9 aromatic rings. The van der Waals surface area contributed by atoms with Crippen LogP contribution in [0.15, 0.2) is 185 Å². The highest BCUT2D eigenvalue weighted by Gasteiger charge is 2.24.